The van der Waals surface area contributed by atoms with Crippen molar-refractivity contribution in [1.29, 1.82) is 0 Å². The van der Waals surface area contributed by atoms with E-state index < -0.39 is 0 Å². The summed E-state index contributed by atoms with van der Waals surface area (Å²) in [7, 11) is 0. The van der Waals surface area contributed by atoms with Crippen LogP contribution in [0.15, 0.2) is 61.1 Å². The van der Waals surface area contributed by atoms with E-state index in [1.807, 2.05) is 42.5 Å². The van der Waals surface area contributed by atoms with Gasteiger partial charge in [0.15, 0.2) is 0 Å². The lowest BCUT2D eigenvalue weighted by Gasteiger charge is -2.05. The van der Waals surface area contributed by atoms with Crippen LogP contribution in [0, 0.1) is 0 Å². The van der Waals surface area contributed by atoms with Crippen LogP contribution in [0.25, 0.3) is 11.3 Å². The normalized spacial score (nSPS) is 10.3. The van der Waals surface area contributed by atoms with E-state index in [1.165, 1.54) is 0 Å². The molecule has 0 fully saturated rings. The third-order valence-corrected chi connectivity index (χ3v) is 3.04. The number of anilines is 1. The highest BCUT2D eigenvalue weighted by Gasteiger charge is 2.00. The maximum absolute atomic E-state index is 4.23. The average Bonchev–Trinajstić information content (AvgIpc) is 2.57. The number of benzene rings is 1. The van der Waals surface area contributed by atoms with Crippen molar-refractivity contribution < 1.29 is 0 Å². The van der Waals surface area contributed by atoms with Crippen LogP contribution in [0.3, 0.4) is 0 Å². The summed E-state index contributed by atoms with van der Waals surface area (Å²) in [5.74, 6) is 0.763. The van der Waals surface area contributed by atoms with Gasteiger partial charge in [0.1, 0.15) is 5.82 Å². The Bertz CT molecular complexity index is 668. The maximum atomic E-state index is 4.23. The Kier molecular flexibility index (Phi) is 4.12. The number of nitrogens with one attached hydrogen (secondary N) is 1. The molecular weight excluding hydrogens is 262 g/mol. The van der Waals surface area contributed by atoms with Gasteiger partial charge < -0.3 is 5.32 Å². The topological polar surface area (TPSA) is 63.6 Å². The molecular formula is C16H15N5. The zero-order valence-corrected chi connectivity index (χ0v) is 11.5. The summed E-state index contributed by atoms with van der Waals surface area (Å²) in [5.41, 5.74) is 2.89. The van der Waals surface area contributed by atoms with Gasteiger partial charge in [-0.15, -0.1) is 10.2 Å². The van der Waals surface area contributed by atoms with E-state index in [0.717, 1.165) is 35.7 Å². The van der Waals surface area contributed by atoms with Crippen LogP contribution in [0.2, 0.25) is 0 Å². The van der Waals surface area contributed by atoms with Crippen molar-refractivity contribution in [1.82, 2.24) is 20.2 Å². The van der Waals surface area contributed by atoms with Crippen molar-refractivity contribution in [2.24, 2.45) is 0 Å². The lowest BCUT2D eigenvalue weighted by Crippen LogP contribution is -2.08. The minimum Gasteiger partial charge on any atom is -0.368 e. The van der Waals surface area contributed by atoms with Crippen molar-refractivity contribution in [3.63, 3.8) is 0 Å². The van der Waals surface area contributed by atoms with E-state index in [4.69, 9.17) is 0 Å². The zero-order chi connectivity index (χ0) is 14.3. The van der Waals surface area contributed by atoms with Gasteiger partial charge in [0.2, 0.25) is 0 Å². The monoisotopic (exact) mass is 277 g/mol. The fourth-order valence-corrected chi connectivity index (χ4v) is 1.97. The summed E-state index contributed by atoms with van der Waals surface area (Å²) >= 11 is 0. The van der Waals surface area contributed by atoms with Crippen LogP contribution in [0.1, 0.15) is 5.69 Å². The smallest absolute Gasteiger partial charge is 0.148 e. The highest BCUT2D eigenvalue weighted by atomic mass is 15.2. The molecule has 5 heteroatoms. The SMILES string of the molecule is c1ccc(-c2ccc(NCCc3cnccn3)nn2)cc1. The van der Waals surface area contributed by atoms with E-state index in [-0.39, 0.29) is 0 Å². The molecule has 104 valence electrons. The van der Waals surface area contributed by atoms with Gasteiger partial charge >= 0.3 is 0 Å². The second kappa shape index (κ2) is 6.56. The van der Waals surface area contributed by atoms with Gasteiger partial charge in [0.25, 0.3) is 0 Å². The molecule has 3 aromatic rings. The number of hydrogen-bond acceptors (Lipinski definition) is 5. The van der Waals surface area contributed by atoms with Gasteiger partial charge in [-0.05, 0) is 12.1 Å². The van der Waals surface area contributed by atoms with Crippen LogP contribution < -0.4 is 5.32 Å². The second-order valence-corrected chi connectivity index (χ2v) is 4.54. The molecule has 21 heavy (non-hydrogen) atoms. The zero-order valence-electron chi connectivity index (χ0n) is 11.5. The lowest BCUT2D eigenvalue weighted by atomic mass is 10.1. The Hall–Kier alpha value is -2.82. The van der Waals surface area contributed by atoms with Gasteiger partial charge in [-0.2, -0.15) is 0 Å². The molecule has 2 aromatic heterocycles. The molecule has 0 aliphatic heterocycles. The standard InChI is InChI=1S/C16H15N5/c1-2-4-13(5-3-1)15-6-7-16(21-20-15)19-9-8-14-12-17-10-11-18-14/h1-7,10-12H,8-9H2,(H,19,21). The summed E-state index contributed by atoms with van der Waals surface area (Å²) < 4.78 is 0. The Morgan fingerprint density at radius 2 is 1.81 bits per heavy atom. The van der Waals surface area contributed by atoms with Crippen LogP contribution in [0.4, 0.5) is 5.82 Å². The van der Waals surface area contributed by atoms with Crippen molar-refractivity contribution >= 4 is 5.82 Å². The first-order chi connectivity index (χ1) is 10.4. The molecule has 1 N–H and O–H groups in total. The average molecular weight is 277 g/mol. The molecule has 0 bridgehead atoms. The Balaban J connectivity index is 1.58. The quantitative estimate of drug-likeness (QED) is 0.776. The van der Waals surface area contributed by atoms with E-state index in [9.17, 15) is 0 Å². The van der Waals surface area contributed by atoms with Crippen molar-refractivity contribution in [2.75, 3.05) is 11.9 Å². The van der Waals surface area contributed by atoms with E-state index in [2.05, 4.69) is 25.5 Å². The van der Waals surface area contributed by atoms with E-state index >= 15 is 0 Å². The van der Waals surface area contributed by atoms with Crippen LogP contribution >= 0.6 is 0 Å². The fourth-order valence-electron chi connectivity index (χ4n) is 1.97. The molecule has 0 unspecified atom stereocenters. The molecule has 0 atom stereocenters. The molecule has 5 nitrogen and oxygen atoms in total. The Morgan fingerprint density at radius 1 is 0.905 bits per heavy atom. The number of hydrogen-bond donors (Lipinski definition) is 1. The molecule has 1 aromatic carbocycles. The largest absolute Gasteiger partial charge is 0.368 e. The van der Waals surface area contributed by atoms with Crippen LogP contribution in [-0.4, -0.2) is 26.7 Å². The molecule has 0 aliphatic carbocycles. The minimum absolute atomic E-state index is 0.748. The summed E-state index contributed by atoms with van der Waals surface area (Å²) in [4.78, 5) is 8.26. The predicted octanol–water partition coefficient (Wildman–Crippen LogP) is 2.59. The van der Waals surface area contributed by atoms with Crippen molar-refractivity contribution in [3.05, 3.63) is 66.7 Å². The predicted molar refractivity (Wildman–Crippen MR) is 81.7 cm³/mol. The van der Waals surface area contributed by atoms with E-state index in [0.29, 0.717) is 0 Å². The highest BCUT2D eigenvalue weighted by Crippen LogP contribution is 2.16. The van der Waals surface area contributed by atoms with Gasteiger partial charge in [-0.25, -0.2) is 0 Å². The first-order valence-corrected chi connectivity index (χ1v) is 6.80. The highest BCUT2D eigenvalue weighted by molar-refractivity contribution is 5.59. The number of rotatable bonds is 5. The number of aromatic nitrogens is 4. The Labute approximate surface area is 123 Å². The Morgan fingerprint density at radius 3 is 2.52 bits per heavy atom. The van der Waals surface area contributed by atoms with Gasteiger partial charge in [0.05, 0.1) is 11.4 Å². The van der Waals surface area contributed by atoms with Crippen molar-refractivity contribution in [3.8, 4) is 11.3 Å². The number of nitrogens with zero attached hydrogens (tertiary/aromatic N) is 4. The van der Waals surface area contributed by atoms with Crippen LogP contribution in [0.5, 0.6) is 0 Å². The third-order valence-electron chi connectivity index (χ3n) is 3.04. The van der Waals surface area contributed by atoms with Gasteiger partial charge in [-0.1, -0.05) is 30.3 Å². The molecule has 0 saturated heterocycles. The first kappa shape index (κ1) is 13.2. The summed E-state index contributed by atoms with van der Waals surface area (Å²) in [6.45, 7) is 0.748. The molecule has 0 amide bonds. The maximum Gasteiger partial charge on any atom is 0.148 e. The second-order valence-electron chi connectivity index (χ2n) is 4.54. The van der Waals surface area contributed by atoms with Crippen molar-refractivity contribution in [2.45, 2.75) is 6.42 Å². The lowest BCUT2D eigenvalue weighted by molar-refractivity contribution is 0.923. The molecule has 0 aliphatic rings. The minimum atomic E-state index is 0.748. The summed E-state index contributed by atoms with van der Waals surface area (Å²) in [6, 6.07) is 13.9. The van der Waals surface area contributed by atoms with Crippen LogP contribution in [-0.2, 0) is 6.42 Å². The summed E-state index contributed by atoms with van der Waals surface area (Å²) in [6.07, 6.45) is 5.94. The molecule has 2 heterocycles. The van der Waals surface area contributed by atoms with E-state index in [1.54, 1.807) is 18.6 Å². The first-order valence-electron chi connectivity index (χ1n) is 6.80. The fraction of sp³-hybridized carbons (Fsp3) is 0.125. The summed E-state index contributed by atoms with van der Waals surface area (Å²) in [5, 5.41) is 11.7. The third kappa shape index (κ3) is 3.60. The molecule has 3 rings (SSSR count). The van der Waals surface area contributed by atoms with Gasteiger partial charge in [0, 0.05) is 37.1 Å². The van der Waals surface area contributed by atoms with Gasteiger partial charge in [-0.3, -0.25) is 9.97 Å². The molecule has 0 spiro atoms. The molecule has 0 saturated carbocycles. The molecule has 0 radical (unpaired) electrons.